The third-order valence-corrected chi connectivity index (χ3v) is 8.91. The Hall–Kier alpha value is -4.64. The minimum absolute atomic E-state index is 0.135. The minimum Gasteiger partial charge on any atom is -0.453 e. The molecule has 3 N–H and O–H groups in total. The summed E-state index contributed by atoms with van der Waals surface area (Å²) in [6.45, 7) is 13.9. The Labute approximate surface area is 306 Å². The second-order valence-electron chi connectivity index (χ2n) is 13.6. The number of imidazole rings is 2. The van der Waals surface area contributed by atoms with E-state index in [1.165, 1.54) is 7.11 Å². The van der Waals surface area contributed by atoms with Gasteiger partial charge in [0.15, 0.2) is 5.15 Å². The van der Waals surface area contributed by atoms with Gasteiger partial charge in [-0.15, -0.1) is 0 Å². The molecule has 11 nitrogen and oxygen atoms in total. The number of amides is 3. The Bertz CT molecular complexity index is 1730. The Kier molecular flexibility index (Phi) is 14.2. The fourth-order valence-electron chi connectivity index (χ4n) is 5.84. The number of H-pyrrole nitrogens is 2. The molecule has 1 atom stereocenters. The van der Waals surface area contributed by atoms with E-state index < -0.39 is 12.1 Å². The SMILES string of the molecule is CCCCN(Cc1nc(Cl)c(-c2ccc(-c3ccc(-c4cnc(CN(CCC)C(=O)CC(C)C)[nH]4)cc3)cc2)[nH]1)C(=O)[C@@H](NC(=O)OC)C(C)C. The molecule has 0 fully saturated rings. The van der Waals surface area contributed by atoms with Crippen LogP contribution in [0.2, 0.25) is 5.15 Å². The molecule has 274 valence electrons. The number of carbonyl (C=O) groups is 3. The fraction of sp³-hybridized carbons (Fsp3) is 0.462. The van der Waals surface area contributed by atoms with Gasteiger partial charge in [0.2, 0.25) is 11.8 Å². The van der Waals surface area contributed by atoms with Crippen LogP contribution in [0.3, 0.4) is 0 Å². The molecule has 2 aromatic carbocycles. The topological polar surface area (TPSA) is 136 Å². The zero-order valence-electron chi connectivity index (χ0n) is 30.9. The number of methoxy groups -OCH3 is 1. The number of halogens is 1. The Morgan fingerprint density at radius 1 is 0.824 bits per heavy atom. The number of unbranched alkanes of at least 4 members (excludes halogenated alkanes) is 1. The van der Waals surface area contributed by atoms with Crippen LogP contribution >= 0.6 is 11.6 Å². The van der Waals surface area contributed by atoms with Crippen molar-refractivity contribution < 1.29 is 19.1 Å². The van der Waals surface area contributed by atoms with Crippen LogP contribution in [0.4, 0.5) is 4.79 Å². The van der Waals surface area contributed by atoms with Gasteiger partial charge in [-0.2, -0.15) is 0 Å². The van der Waals surface area contributed by atoms with Crippen molar-refractivity contribution >= 4 is 29.5 Å². The van der Waals surface area contributed by atoms with Gasteiger partial charge < -0.3 is 29.8 Å². The predicted molar refractivity (Wildman–Crippen MR) is 202 cm³/mol. The zero-order valence-corrected chi connectivity index (χ0v) is 31.6. The van der Waals surface area contributed by atoms with Gasteiger partial charge in [0.1, 0.15) is 17.7 Å². The molecule has 51 heavy (non-hydrogen) atoms. The van der Waals surface area contributed by atoms with E-state index in [1.54, 1.807) is 4.90 Å². The normalized spacial score (nSPS) is 11.9. The van der Waals surface area contributed by atoms with E-state index in [2.05, 4.69) is 77.2 Å². The molecule has 0 spiro atoms. The first kappa shape index (κ1) is 39.2. The second-order valence-corrected chi connectivity index (χ2v) is 14.0. The quantitative estimate of drug-likeness (QED) is 0.101. The van der Waals surface area contributed by atoms with Crippen LogP contribution in [0.25, 0.3) is 33.6 Å². The standard InChI is InChI=1S/C39H52ClN7O4/c1-8-10-20-47(38(49)35(26(5)6)45-39(50)51-7)24-33-43-36(37(40)44-33)30-17-13-28(14-18-30)27-11-15-29(16-12-27)31-22-41-32(42-31)23-46(19-9-2)34(48)21-25(3)4/h11-18,22,25-26,35H,8-10,19-21,23-24H2,1-7H3,(H,41,42)(H,43,44)(H,45,50)/t35-/m0/s1. The van der Waals surface area contributed by atoms with Crippen molar-refractivity contribution in [3.05, 3.63) is 71.5 Å². The van der Waals surface area contributed by atoms with Crippen molar-refractivity contribution in [1.29, 1.82) is 0 Å². The summed E-state index contributed by atoms with van der Waals surface area (Å²) < 4.78 is 4.75. The van der Waals surface area contributed by atoms with Crippen LogP contribution in [-0.2, 0) is 27.4 Å². The largest absolute Gasteiger partial charge is 0.453 e. The first-order chi connectivity index (χ1) is 24.4. The predicted octanol–water partition coefficient (Wildman–Crippen LogP) is 8.08. The number of ether oxygens (including phenoxy) is 1. The zero-order chi connectivity index (χ0) is 37.1. The maximum atomic E-state index is 13.6. The van der Waals surface area contributed by atoms with Crippen molar-refractivity contribution in [2.75, 3.05) is 20.2 Å². The lowest BCUT2D eigenvalue weighted by atomic mass is 10.0. The number of alkyl carbamates (subject to hydrolysis) is 1. The molecule has 2 aromatic heterocycles. The highest BCUT2D eigenvalue weighted by molar-refractivity contribution is 6.31. The summed E-state index contributed by atoms with van der Waals surface area (Å²) in [7, 11) is 1.28. The summed E-state index contributed by atoms with van der Waals surface area (Å²) in [4.78, 5) is 57.6. The molecule has 0 aliphatic heterocycles. The third-order valence-electron chi connectivity index (χ3n) is 8.64. The first-order valence-corrected chi connectivity index (χ1v) is 18.2. The number of hydrogen-bond donors (Lipinski definition) is 3. The highest BCUT2D eigenvalue weighted by atomic mass is 35.5. The number of aromatic amines is 2. The lowest BCUT2D eigenvalue weighted by Crippen LogP contribution is -2.51. The average Bonchev–Trinajstić information content (AvgIpc) is 3.74. The molecule has 2 heterocycles. The molecule has 3 amide bonds. The van der Waals surface area contributed by atoms with E-state index in [0.717, 1.165) is 53.0 Å². The number of nitrogens with zero attached hydrogens (tertiary/aromatic N) is 4. The van der Waals surface area contributed by atoms with Gasteiger partial charge >= 0.3 is 6.09 Å². The highest BCUT2D eigenvalue weighted by Crippen LogP contribution is 2.30. The summed E-state index contributed by atoms with van der Waals surface area (Å²) in [5.74, 6) is 1.46. The van der Waals surface area contributed by atoms with Gasteiger partial charge in [-0.25, -0.2) is 14.8 Å². The molecule has 0 radical (unpaired) electrons. The lowest BCUT2D eigenvalue weighted by Gasteiger charge is -2.29. The molecular formula is C39H52ClN7O4. The smallest absolute Gasteiger partial charge is 0.407 e. The first-order valence-electron chi connectivity index (χ1n) is 17.8. The summed E-state index contributed by atoms with van der Waals surface area (Å²) >= 11 is 6.61. The molecule has 4 aromatic rings. The van der Waals surface area contributed by atoms with Crippen LogP contribution in [0.5, 0.6) is 0 Å². The molecule has 12 heteroatoms. The summed E-state index contributed by atoms with van der Waals surface area (Å²) in [5.41, 5.74) is 5.54. The summed E-state index contributed by atoms with van der Waals surface area (Å²) in [5, 5.41) is 2.99. The van der Waals surface area contributed by atoms with Crippen molar-refractivity contribution in [3.8, 4) is 33.6 Å². The molecule has 4 rings (SSSR count). The molecule has 0 aliphatic carbocycles. The van der Waals surface area contributed by atoms with E-state index in [9.17, 15) is 14.4 Å². The Morgan fingerprint density at radius 3 is 2.00 bits per heavy atom. The second kappa shape index (κ2) is 18.6. The van der Waals surface area contributed by atoms with Gasteiger partial charge in [-0.1, -0.05) is 108 Å². The maximum absolute atomic E-state index is 13.6. The Morgan fingerprint density at radius 2 is 1.43 bits per heavy atom. The van der Waals surface area contributed by atoms with E-state index in [0.29, 0.717) is 48.6 Å². The van der Waals surface area contributed by atoms with Gasteiger partial charge in [-0.3, -0.25) is 9.59 Å². The number of rotatable bonds is 17. The minimum atomic E-state index is -0.731. The number of aromatic nitrogens is 4. The molecular weight excluding hydrogens is 666 g/mol. The third kappa shape index (κ3) is 10.7. The number of benzene rings is 2. The molecule has 0 unspecified atom stereocenters. The van der Waals surface area contributed by atoms with Crippen molar-refractivity contribution in [2.24, 2.45) is 11.8 Å². The van der Waals surface area contributed by atoms with Crippen LogP contribution in [-0.4, -0.2) is 73.9 Å². The van der Waals surface area contributed by atoms with Gasteiger partial charge in [0, 0.05) is 25.1 Å². The van der Waals surface area contributed by atoms with Gasteiger partial charge in [0.25, 0.3) is 0 Å². The lowest BCUT2D eigenvalue weighted by molar-refractivity contribution is -0.135. The molecule has 0 saturated heterocycles. The highest BCUT2D eigenvalue weighted by Gasteiger charge is 2.29. The maximum Gasteiger partial charge on any atom is 0.407 e. The van der Waals surface area contributed by atoms with Crippen molar-refractivity contribution in [2.45, 2.75) is 86.4 Å². The number of nitrogens with one attached hydrogen (secondary N) is 3. The van der Waals surface area contributed by atoms with Crippen molar-refractivity contribution in [3.63, 3.8) is 0 Å². The summed E-state index contributed by atoms with van der Waals surface area (Å²) in [6, 6.07) is 15.6. The van der Waals surface area contributed by atoms with Crippen LogP contribution < -0.4 is 5.32 Å². The van der Waals surface area contributed by atoms with Crippen LogP contribution in [0.15, 0.2) is 54.7 Å². The Balaban J connectivity index is 1.45. The summed E-state index contributed by atoms with van der Waals surface area (Å²) in [6.07, 6.45) is 4.31. The van der Waals surface area contributed by atoms with Crippen molar-refractivity contribution in [1.82, 2.24) is 35.1 Å². The van der Waals surface area contributed by atoms with E-state index in [-0.39, 0.29) is 24.3 Å². The van der Waals surface area contributed by atoms with Crippen LogP contribution in [0, 0.1) is 11.8 Å². The number of carbonyl (C=O) groups excluding carboxylic acids is 3. The van der Waals surface area contributed by atoms with E-state index in [4.69, 9.17) is 16.3 Å². The fourth-order valence-corrected chi connectivity index (χ4v) is 6.10. The average molecular weight is 718 g/mol. The molecule has 0 aliphatic rings. The molecule has 0 bridgehead atoms. The van der Waals surface area contributed by atoms with E-state index >= 15 is 0 Å². The van der Waals surface area contributed by atoms with E-state index in [1.807, 2.05) is 49.2 Å². The van der Waals surface area contributed by atoms with Gasteiger partial charge in [-0.05, 0) is 41.4 Å². The monoisotopic (exact) mass is 717 g/mol. The molecule has 0 saturated carbocycles. The van der Waals surface area contributed by atoms with Crippen LogP contribution in [0.1, 0.15) is 78.9 Å². The number of hydrogen-bond acceptors (Lipinski definition) is 6. The van der Waals surface area contributed by atoms with Gasteiger partial charge in [0.05, 0.1) is 37.8 Å².